The maximum atomic E-state index is 12.8. The van der Waals surface area contributed by atoms with Crippen molar-refractivity contribution in [3.63, 3.8) is 0 Å². The van der Waals surface area contributed by atoms with Crippen LogP contribution in [0.1, 0.15) is 175 Å². The quantitative estimate of drug-likeness (QED) is 0.0598. The SMILES string of the molecule is CCCCCCCCCC(CCCCCCCCC(O)C(O)CCCCCCC)CC(C)(C)[Si](O)(c1ccccc1)c1ccccc1. The van der Waals surface area contributed by atoms with Gasteiger partial charge in [0.15, 0.2) is 0 Å². The van der Waals surface area contributed by atoms with Crippen molar-refractivity contribution >= 4 is 18.7 Å². The van der Waals surface area contributed by atoms with Crippen LogP contribution in [0.4, 0.5) is 0 Å². The zero-order valence-corrected chi connectivity index (χ0v) is 32.1. The fourth-order valence-electron chi connectivity index (χ4n) is 7.75. The van der Waals surface area contributed by atoms with E-state index in [0.717, 1.165) is 55.3 Å². The zero-order valence-electron chi connectivity index (χ0n) is 31.1. The third kappa shape index (κ3) is 15.7. The first-order valence-electron chi connectivity index (χ1n) is 20.0. The van der Waals surface area contributed by atoms with E-state index in [4.69, 9.17) is 0 Å². The van der Waals surface area contributed by atoms with Crippen LogP contribution in [0.15, 0.2) is 60.7 Å². The number of benzene rings is 2. The van der Waals surface area contributed by atoms with Crippen molar-refractivity contribution < 1.29 is 15.0 Å². The molecule has 0 aliphatic carbocycles. The van der Waals surface area contributed by atoms with E-state index in [2.05, 4.69) is 88.4 Å². The van der Waals surface area contributed by atoms with E-state index in [1.807, 2.05) is 0 Å². The van der Waals surface area contributed by atoms with E-state index in [1.165, 1.54) is 103 Å². The highest BCUT2D eigenvalue weighted by atomic mass is 28.4. The number of rotatable bonds is 29. The summed E-state index contributed by atoms with van der Waals surface area (Å²) in [5, 5.41) is 22.8. The first-order chi connectivity index (χ1) is 22.8. The molecule has 3 atom stereocenters. The Kier molecular flexibility index (Phi) is 21.9. The second-order valence-electron chi connectivity index (χ2n) is 15.3. The van der Waals surface area contributed by atoms with Crippen molar-refractivity contribution in [2.24, 2.45) is 5.92 Å². The van der Waals surface area contributed by atoms with Crippen LogP contribution >= 0.6 is 0 Å². The lowest BCUT2D eigenvalue weighted by Gasteiger charge is -2.43. The molecule has 2 rings (SSSR count). The first-order valence-corrected chi connectivity index (χ1v) is 21.9. The molecule has 0 aromatic heterocycles. The van der Waals surface area contributed by atoms with E-state index in [-0.39, 0.29) is 5.04 Å². The summed E-state index contributed by atoms with van der Waals surface area (Å²) in [6.07, 6.45) is 26.4. The van der Waals surface area contributed by atoms with Gasteiger partial charge in [0.1, 0.15) is 0 Å². The molecule has 0 saturated heterocycles. The second kappa shape index (κ2) is 24.6. The summed E-state index contributed by atoms with van der Waals surface area (Å²) in [5.74, 6) is 0.630. The highest BCUT2D eigenvalue weighted by Gasteiger charge is 2.50. The molecule has 0 aliphatic rings. The summed E-state index contributed by atoms with van der Waals surface area (Å²) in [6, 6.07) is 21.1. The molecule has 0 spiro atoms. The number of hydrogen-bond acceptors (Lipinski definition) is 3. The largest absolute Gasteiger partial charge is 0.424 e. The Labute approximate surface area is 292 Å². The van der Waals surface area contributed by atoms with Gasteiger partial charge in [-0.15, -0.1) is 0 Å². The minimum absolute atomic E-state index is 0.192. The minimum Gasteiger partial charge on any atom is -0.424 e. The van der Waals surface area contributed by atoms with Crippen molar-refractivity contribution in [2.45, 2.75) is 193 Å². The molecule has 2 aromatic rings. The van der Waals surface area contributed by atoms with E-state index in [1.54, 1.807) is 0 Å². The number of aliphatic hydroxyl groups excluding tert-OH is 2. The molecule has 0 bridgehead atoms. The number of aliphatic hydroxyl groups is 2. The molecule has 3 N–H and O–H groups in total. The van der Waals surface area contributed by atoms with Crippen molar-refractivity contribution in [3.8, 4) is 0 Å². The maximum Gasteiger partial charge on any atom is 0.258 e. The molecule has 3 nitrogen and oxygen atoms in total. The lowest BCUT2D eigenvalue weighted by atomic mass is 9.87. The average molecular weight is 667 g/mol. The number of unbranched alkanes of at least 4 members (excludes halogenated alkanes) is 15. The zero-order chi connectivity index (χ0) is 34.2. The van der Waals surface area contributed by atoms with Gasteiger partial charge in [0, 0.05) is 0 Å². The smallest absolute Gasteiger partial charge is 0.258 e. The Balaban J connectivity index is 1.88. The summed E-state index contributed by atoms with van der Waals surface area (Å²) in [7, 11) is -3.00. The Bertz CT molecular complexity index is 955. The van der Waals surface area contributed by atoms with Gasteiger partial charge in [0.25, 0.3) is 8.32 Å². The Morgan fingerprint density at radius 1 is 0.489 bits per heavy atom. The van der Waals surface area contributed by atoms with Gasteiger partial charge in [-0.3, -0.25) is 0 Å². The predicted octanol–water partition coefficient (Wildman–Crippen LogP) is 10.9. The van der Waals surface area contributed by atoms with Crippen molar-refractivity contribution in [1.29, 1.82) is 0 Å². The first kappa shape index (κ1) is 41.7. The lowest BCUT2D eigenvalue weighted by molar-refractivity contribution is 0.00712. The normalized spacial score (nSPS) is 14.3. The monoisotopic (exact) mass is 667 g/mol. The predicted molar refractivity (Wildman–Crippen MR) is 207 cm³/mol. The molecule has 0 amide bonds. The van der Waals surface area contributed by atoms with Gasteiger partial charge in [-0.1, -0.05) is 217 Å². The van der Waals surface area contributed by atoms with Crippen LogP contribution in [0.25, 0.3) is 0 Å². The van der Waals surface area contributed by atoms with E-state index >= 15 is 0 Å². The molecule has 4 heteroatoms. The van der Waals surface area contributed by atoms with Crippen LogP contribution in [-0.2, 0) is 0 Å². The van der Waals surface area contributed by atoms with Gasteiger partial charge in [-0.05, 0) is 40.6 Å². The van der Waals surface area contributed by atoms with E-state index < -0.39 is 20.5 Å². The molecular weight excluding hydrogens is 593 g/mol. The van der Waals surface area contributed by atoms with Crippen LogP contribution in [0.3, 0.4) is 0 Å². The molecule has 0 saturated carbocycles. The molecule has 0 heterocycles. The molecule has 0 radical (unpaired) electrons. The highest BCUT2D eigenvalue weighted by Crippen LogP contribution is 2.43. The fourth-order valence-corrected chi connectivity index (χ4v) is 11.6. The summed E-state index contributed by atoms with van der Waals surface area (Å²) in [4.78, 5) is 12.8. The van der Waals surface area contributed by atoms with E-state index in [0.29, 0.717) is 5.92 Å². The summed E-state index contributed by atoms with van der Waals surface area (Å²) in [6.45, 7) is 9.19. The molecule has 0 aliphatic heterocycles. The van der Waals surface area contributed by atoms with Gasteiger partial charge in [-0.25, -0.2) is 0 Å². The molecule has 2 aromatic carbocycles. The van der Waals surface area contributed by atoms with Crippen molar-refractivity contribution in [1.82, 2.24) is 0 Å². The Morgan fingerprint density at radius 2 is 0.809 bits per heavy atom. The molecular formula is C43H74O3Si. The maximum absolute atomic E-state index is 12.8. The van der Waals surface area contributed by atoms with Gasteiger partial charge in [0.2, 0.25) is 0 Å². The van der Waals surface area contributed by atoms with Crippen LogP contribution < -0.4 is 10.4 Å². The van der Waals surface area contributed by atoms with Gasteiger partial charge in [-0.2, -0.15) is 0 Å². The van der Waals surface area contributed by atoms with Crippen LogP contribution in [0, 0.1) is 5.92 Å². The Morgan fingerprint density at radius 3 is 1.17 bits per heavy atom. The molecule has 47 heavy (non-hydrogen) atoms. The van der Waals surface area contributed by atoms with Crippen LogP contribution in [0.2, 0.25) is 5.04 Å². The third-order valence-electron chi connectivity index (χ3n) is 10.8. The van der Waals surface area contributed by atoms with Crippen LogP contribution in [0.5, 0.6) is 0 Å². The molecule has 0 fully saturated rings. The average Bonchev–Trinajstić information content (AvgIpc) is 3.08. The molecule has 268 valence electrons. The summed E-state index contributed by atoms with van der Waals surface area (Å²) < 4.78 is 0. The molecule has 3 unspecified atom stereocenters. The highest BCUT2D eigenvalue weighted by molar-refractivity contribution is 6.98. The van der Waals surface area contributed by atoms with Gasteiger partial charge in [0.05, 0.1) is 12.2 Å². The van der Waals surface area contributed by atoms with Crippen molar-refractivity contribution in [3.05, 3.63) is 60.7 Å². The van der Waals surface area contributed by atoms with Gasteiger partial charge >= 0.3 is 0 Å². The summed E-state index contributed by atoms with van der Waals surface area (Å²) in [5.41, 5.74) is 0. The topological polar surface area (TPSA) is 60.7 Å². The number of hydrogen-bond donors (Lipinski definition) is 3. The van der Waals surface area contributed by atoms with Crippen LogP contribution in [-0.4, -0.2) is 35.5 Å². The van der Waals surface area contributed by atoms with Crippen molar-refractivity contribution in [2.75, 3.05) is 0 Å². The lowest BCUT2D eigenvalue weighted by Crippen LogP contribution is -2.65. The standard InChI is InChI=1S/C43H74O3Si/c1-5-7-9-11-12-16-21-29-38(30-22-17-13-14-18-28-36-42(45)41(44)35-27-15-10-8-6-2)37-43(3,4)47(46,39-31-23-19-24-32-39)40-33-25-20-26-34-40/h19-20,23-26,31-34,38,41-42,44-46H,5-18,21-22,27-30,35-37H2,1-4H3. The second-order valence-corrected chi connectivity index (χ2v) is 19.3. The Hall–Kier alpha value is -1.46. The van der Waals surface area contributed by atoms with Gasteiger partial charge < -0.3 is 15.0 Å². The fraction of sp³-hybridized carbons (Fsp3) is 0.721. The summed E-state index contributed by atoms with van der Waals surface area (Å²) >= 11 is 0. The third-order valence-corrected chi connectivity index (χ3v) is 15.3. The van der Waals surface area contributed by atoms with E-state index in [9.17, 15) is 15.0 Å². The minimum atomic E-state index is -3.00.